The van der Waals surface area contributed by atoms with E-state index >= 15 is 0 Å². The van der Waals surface area contributed by atoms with E-state index < -0.39 is 0 Å². The fourth-order valence-electron chi connectivity index (χ4n) is 2.08. The highest BCUT2D eigenvalue weighted by Gasteiger charge is 2.19. The Labute approximate surface area is 121 Å². The van der Waals surface area contributed by atoms with Gasteiger partial charge in [0, 0.05) is 13.1 Å². The normalized spacial score (nSPS) is 12.0. The third-order valence-corrected chi connectivity index (χ3v) is 3.41. The molecule has 0 aliphatic carbocycles. The molecule has 1 aromatic carbocycles. The van der Waals surface area contributed by atoms with Gasteiger partial charge in [0.05, 0.1) is 13.2 Å². The number of rotatable bonds is 8. The summed E-state index contributed by atoms with van der Waals surface area (Å²) in [5.74, 6) is 0.861. The Morgan fingerprint density at radius 3 is 2.45 bits per heavy atom. The minimum atomic E-state index is -0.381. The third kappa shape index (κ3) is 4.85. The van der Waals surface area contributed by atoms with Gasteiger partial charge < -0.3 is 15.4 Å². The monoisotopic (exact) mass is 278 g/mol. The predicted molar refractivity (Wildman–Crippen MR) is 81.6 cm³/mol. The second-order valence-corrected chi connectivity index (χ2v) is 4.95. The van der Waals surface area contributed by atoms with Crippen molar-refractivity contribution in [1.82, 2.24) is 4.90 Å². The first kappa shape index (κ1) is 16.5. The minimum Gasteiger partial charge on any atom is -0.497 e. The second kappa shape index (κ2) is 8.59. The lowest BCUT2D eigenvalue weighted by molar-refractivity contribution is -0.133. The molecule has 4 nitrogen and oxygen atoms in total. The molecule has 20 heavy (non-hydrogen) atoms. The van der Waals surface area contributed by atoms with Crippen LogP contribution in [0.15, 0.2) is 24.3 Å². The van der Waals surface area contributed by atoms with Crippen molar-refractivity contribution in [2.45, 2.75) is 45.7 Å². The van der Waals surface area contributed by atoms with Crippen molar-refractivity contribution in [3.63, 3.8) is 0 Å². The number of unbranched alkanes of at least 4 members (excludes halogenated alkanes) is 1. The van der Waals surface area contributed by atoms with Crippen LogP contribution in [0, 0.1) is 0 Å². The van der Waals surface area contributed by atoms with Gasteiger partial charge >= 0.3 is 0 Å². The molecule has 0 aliphatic rings. The molecule has 0 bridgehead atoms. The Morgan fingerprint density at radius 1 is 1.30 bits per heavy atom. The van der Waals surface area contributed by atoms with Crippen LogP contribution in [0.1, 0.15) is 38.7 Å². The van der Waals surface area contributed by atoms with Gasteiger partial charge in [0.1, 0.15) is 5.75 Å². The Bertz CT molecular complexity index is 403. The number of amides is 1. The molecular formula is C16H26N2O2. The molecule has 0 radical (unpaired) electrons. The van der Waals surface area contributed by atoms with Crippen LogP contribution in [-0.2, 0) is 11.3 Å². The Hall–Kier alpha value is -1.55. The molecule has 1 aromatic rings. The van der Waals surface area contributed by atoms with E-state index in [4.69, 9.17) is 10.5 Å². The third-order valence-electron chi connectivity index (χ3n) is 3.41. The zero-order valence-electron chi connectivity index (χ0n) is 12.8. The van der Waals surface area contributed by atoms with Gasteiger partial charge in [-0.05, 0) is 31.0 Å². The summed E-state index contributed by atoms with van der Waals surface area (Å²) in [6.07, 6.45) is 2.81. The standard InChI is InChI=1S/C16H26N2O2/c1-4-6-7-15(17)16(19)18(5-2)12-13-8-10-14(20-3)11-9-13/h8-11,15H,4-7,12,17H2,1-3H3/t15-/m0/s1. The van der Waals surface area contributed by atoms with Crippen LogP contribution in [0.3, 0.4) is 0 Å². The molecular weight excluding hydrogens is 252 g/mol. The fraction of sp³-hybridized carbons (Fsp3) is 0.562. The molecule has 4 heteroatoms. The lowest BCUT2D eigenvalue weighted by Gasteiger charge is -2.24. The average Bonchev–Trinajstić information content (AvgIpc) is 2.50. The molecule has 0 unspecified atom stereocenters. The second-order valence-electron chi connectivity index (χ2n) is 4.95. The molecule has 0 spiro atoms. The first-order valence-corrected chi connectivity index (χ1v) is 7.29. The van der Waals surface area contributed by atoms with Crippen molar-refractivity contribution in [3.05, 3.63) is 29.8 Å². The molecule has 0 fully saturated rings. The Kier molecular flexibility index (Phi) is 7.09. The van der Waals surface area contributed by atoms with Crippen molar-refractivity contribution in [2.24, 2.45) is 5.73 Å². The van der Waals surface area contributed by atoms with E-state index in [2.05, 4.69) is 6.92 Å². The number of methoxy groups -OCH3 is 1. The van der Waals surface area contributed by atoms with Crippen LogP contribution in [0.25, 0.3) is 0 Å². The molecule has 112 valence electrons. The minimum absolute atomic E-state index is 0.0387. The van der Waals surface area contributed by atoms with E-state index in [0.717, 1.165) is 30.6 Å². The predicted octanol–water partition coefficient (Wildman–Crippen LogP) is 2.56. The SMILES string of the molecule is CCCC[C@H](N)C(=O)N(CC)Cc1ccc(OC)cc1. The maximum atomic E-state index is 12.3. The zero-order valence-corrected chi connectivity index (χ0v) is 12.8. The first-order valence-electron chi connectivity index (χ1n) is 7.29. The van der Waals surface area contributed by atoms with Crippen LogP contribution in [-0.4, -0.2) is 30.5 Å². The van der Waals surface area contributed by atoms with Crippen molar-refractivity contribution in [3.8, 4) is 5.75 Å². The van der Waals surface area contributed by atoms with Gasteiger partial charge in [-0.3, -0.25) is 4.79 Å². The van der Waals surface area contributed by atoms with Gasteiger partial charge in [0.15, 0.2) is 0 Å². The summed E-state index contributed by atoms with van der Waals surface area (Å²) in [6, 6.07) is 7.39. The number of hydrogen-bond acceptors (Lipinski definition) is 3. The average molecular weight is 278 g/mol. The van der Waals surface area contributed by atoms with Gasteiger partial charge in [0.25, 0.3) is 0 Å². The number of benzene rings is 1. The van der Waals surface area contributed by atoms with E-state index in [0.29, 0.717) is 13.1 Å². The smallest absolute Gasteiger partial charge is 0.239 e. The van der Waals surface area contributed by atoms with Gasteiger partial charge in [0.2, 0.25) is 5.91 Å². The van der Waals surface area contributed by atoms with Crippen molar-refractivity contribution in [1.29, 1.82) is 0 Å². The number of hydrogen-bond donors (Lipinski definition) is 1. The van der Waals surface area contributed by atoms with E-state index in [1.807, 2.05) is 36.1 Å². The van der Waals surface area contributed by atoms with Crippen LogP contribution >= 0.6 is 0 Å². The number of carbonyl (C=O) groups is 1. The van der Waals surface area contributed by atoms with E-state index in [9.17, 15) is 4.79 Å². The number of likely N-dealkylation sites (N-methyl/N-ethyl adjacent to an activating group) is 1. The topological polar surface area (TPSA) is 55.6 Å². The molecule has 0 saturated carbocycles. The zero-order chi connectivity index (χ0) is 15.0. The summed E-state index contributed by atoms with van der Waals surface area (Å²) < 4.78 is 5.13. The van der Waals surface area contributed by atoms with E-state index in [1.54, 1.807) is 7.11 Å². The molecule has 1 rings (SSSR count). The van der Waals surface area contributed by atoms with Crippen LogP contribution in [0.4, 0.5) is 0 Å². The first-order chi connectivity index (χ1) is 9.62. The summed E-state index contributed by atoms with van der Waals surface area (Å²) in [5.41, 5.74) is 7.05. The van der Waals surface area contributed by atoms with Crippen molar-refractivity contribution < 1.29 is 9.53 Å². The molecule has 0 aliphatic heterocycles. The lowest BCUT2D eigenvalue weighted by Crippen LogP contribution is -2.43. The Morgan fingerprint density at radius 2 is 1.95 bits per heavy atom. The largest absolute Gasteiger partial charge is 0.497 e. The molecule has 2 N–H and O–H groups in total. The van der Waals surface area contributed by atoms with Crippen molar-refractivity contribution >= 4 is 5.91 Å². The van der Waals surface area contributed by atoms with E-state index in [-0.39, 0.29) is 11.9 Å². The lowest BCUT2D eigenvalue weighted by atomic mass is 10.1. The quantitative estimate of drug-likeness (QED) is 0.795. The van der Waals surface area contributed by atoms with Gasteiger partial charge in [-0.1, -0.05) is 31.9 Å². The summed E-state index contributed by atoms with van der Waals surface area (Å²) >= 11 is 0. The number of carbonyl (C=O) groups excluding carboxylic acids is 1. The maximum Gasteiger partial charge on any atom is 0.239 e. The van der Waals surface area contributed by atoms with Crippen LogP contribution in [0.2, 0.25) is 0 Å². The molecule has 0 heterocycles. The van der Waals surface area contributed by atoms with Gasteiger partial charge in [-0.25, -0.2) is 0 Å². The molecule has 0 aromatic heterocycles. The summed E-state index contributed by atoms with van der Waals surface area (Å²) in [6.45, 7) is 5.35. The van der Waals surface area contributed by atoms with Crippen LogP contribution < -0.4 is 10.5 Å². The van der Waals surface area contributed by atoms with Crippen LogP contribution in [0.5, 0.6) is 5.75 Å². The number of nitrogens with zero attached hydrogens (tertiary/aromatic N) is 1. The summed E-state index contributed by atoms with van der Waals surface area (Å²) in [7, 11) is 1.64. The Balaban J connectivity index is 2.62. The maximum absolute atomic E-state index is 12.3. The number of nitrogens with two attached hydrogens (primary N) is 1. The highest BCUT2D eigenvalue weighted by Crippen LogP contribution is 2.14. The van der Waals surface area contributed by atoms with Gasteiger partial charge in [-0.15, -0.1) is 0 Å². The molecule has 1 atom stereocenters. The number of ether oxygens (including phenoxy) is 1. The molecule has 1 amide bonds. The summed E-state index contributed by atoms with van der Waals surface area (Å²) in [5, 5.41) is 0. The fourth-order valence-corrected chi connectivity index (χ4v) is 2.08. The molecule has 0 saturated heterocycles. The highest BCUT2D eigenvalue weighted by molar-refractivity contribution is 5.81. The van der Waals surface area contributed by atoms with Crippen molar-refractivity contribution in [2.75, 3.05) is 13.7 Å². The summed E-state index contributed by atoms with van der Waals surface area (Å²) in [4.78, 5) is 14.1. The van der Waals surface area contributed by atoms with E-state index in [1.165, 1.54) is 0 Å². The van der Waals surface area contributed by atoms with Gasteiger partial charge in [-0.2, -0.15) is 0 Å². The highest BCUT2D eigenvalue weighted by atomic mass is 16.5.